The molecule has 1 aliphatic carbocycles. The normalized spacial score (nSPS) is 14.6. The van der Waals surface area contributed by atoms with Crippen molar-refractivity contribution in [1.82, 2.24) is 5.32 Å². The van der Waals surface area contributed by atoms with Crippen LogP contribution in [-0.4, -0.2) is 22.9 Å². The molecule has 4 rings (SSSR count). The third kappa shape index (κ3) is 7.33. The Morgan fingerprint density at radius 1 is 0.844 bits per heavy atom. The largest absolute Gasteiger partial charge is 0.395 e. The molecule has 0 aliphatic heterocycles. The molecule has 0 bridgehead atoms. The van der Waals surface area contributed by atoms with E-state index in [2.05, 4.69) is 41.7 Å². The van der Waals surface area contributed by atoms with Crippen LogP contribution in [0.5, 0.6) is 0 Å². The van der Waals surface area contributed by atoms with Crippen LogP contribution in [0.25, 0.3) is 10.8 Å². The minimum Gasteiger partial charge on any atom is -0.395 e. The number of aliphatic hydroxyl groups excluding tert-OH is 2. The van der Waals surface area contributed by atoms with E-state index in [-0.39, 0.29) is 29.8 Å². The molecule has 32 heavy (non-hydrogen) atoms. The third-order valence-electron chi connectivity index (χ3n) is 4.96. The van der Waals surface area contributed by atoms with E-state index in [1.165, 1.54) is 21.9 Å². The highest BCUT2D eigenvalue weighted by molar-refractivity contribution is 5.91. The first kappa shape index (κ1) is 31.8. The third-order valence-corrected chi connectivity index (χ3v) is 4.96. The molecular weight excluding hydrogens is 467 g/mol. The number of aliphatic hydroxyl groups is 2. The van der Waals surface area contributed by atoms with E-state index >= 15 is 0 Å². The molecule has 3 nitrogen and oxygen atoms in total. The number of hydrogen-bond acceptors (Lipinski definition) is 3. The zero-order valence-electron chi connectivity index (χ0n) is 16.5. The summed E-state index contributed by atoms with van der Waals surface area (Å²) in [5, 5.41) is 26.5. The van der Waals surface area contributed by atoms with Crippen LogP contribution < -0.4 is 5.32 Å². The second kappa shape index (κ2) is 17.2. The molecule has 0 aromatic heterocycles. The Kier molecular flexibility index (Phi) is 17.1. The fraction of sp³-hybridized carbons (Fsp3) is 0.238. The molecular formula is C21H23ClF7NO2. The zero-order chi connectivity index (χ0) is 22.5. The lowest BCUT2D eigenvalue weighted by Gasteiger charge is -2.26. The Bertz CT molecular complexity index is 872. The van der Waals surface area contributed by atoms with Crippen molar-refractivity contribution in [2.75, 3.05) is 6.61 Å². The quantitative estimate of drug-likeness (QED) is 0.373. The summed E-state index contributed by atoms with van der Waals surface area (Å²) in [6.45, 7) is -0.112. The fourth-order valence-electron chi connectivity index (χ4n) is 3.77. The Balaban J connectivity index is 0. The highest BCUT2D eigenvalue weighted by Crippen LogP contribution is 2.37. The molecule has 3 aromatic carbocycles. The first-order valence-electron chi connectivity index (χ1n) is 8.81. The lowest BCUT2D eigenvalue weighted by Crippen LogP contribution is -2.40. The summed E-state index contributed by atoms with van der Waals surface area (Å²) in [4.78, 5) is 0. The van der Waals surface area contributed by atoms with Crippen molar-refractivity contribution in [1.29, 1.82) is 0 Å². The summed E-state index contributed by atoms with van der Waals surface area (Å²) in [5.74, 6) is 0. The van der Waals surface area contributed by atoms with E-state index in [4.69, 9.17) is 27.4 Å². The highest BCUT2D eigenvalue weighted by atomic mass is 35.5. The zero-order valence-corrected chi connectivity index (χ0v) is 17.3. The molecule has 0 heterocycles. The molecule has 0 fully saturated rings. The number of rotatable bonds is 5. The van der Waals surface area contributed by atoms with Crippen molar-refractivity contribution in [2.24, 2.45) is 0 Å². The SMILES string of the molecule is Cl.F.FF.FF.FF.OC[C@H](N[C@H]1Cc2cccc3cccc1c23)[C@@H](O)c1ccccc1. The average molecular weight is 490 g/mol. The maximum absolute atomic E-state index is 10.6. The van der Waals surface area contributed by atoms with E-state index in [1.54, 1.807) is 0 Å². The predicted molar refractivity (Wildman–Crippen MR) is 112 cm³/mol. The van der Waals surface area contributed by atoms with Gasteiger partial charge in [-0.2, -0.15) is 0 Å². The van der Waals surface area contributed by atoms with E-state index in [0.29, 0.717) is 0 Å². The molecule has 3 aromatic rings. The minimum atomic E-state index is -0.737. The standard InChI is InChI=1S/C21H21NO2.ClH.3F2.FH/c23-13-19(21(24)15-6-2-1-3-7-15)22-18-12-16-10-4-8-14-9-5-11-17(18)20(14)16;;3*1-2;/h1-11,18-19,21-24H,12-13H2;1H;;;;1H/t18-,19-,21-;;;;;/m0...../s1. The maximum atomic E-state index is 10.6. The summed E-state index contributed by atoms with van der Waals surface area (Å²) in [7, 11) is 0. The van der Waals surface area contributed by atoms with Crippen molar-refractivity contribution in [2.45, 2.75) is 24.6 Å². The smallest absolute Gasteiger partial charge is 0.0965 e. The molecule has 3 N–H and O–H groups in total. The Morgan fingerprint density at radius 3 is 1.97 bits per heavy atom. The summed E-state index contributed by atoms with van der Waals surface area (Å²) in [6.07, 6.45) is 0.147. The van der Waals surface area contributed by atoms with Crippen molar-refractivity contribution in [3.05, 3.63) is 83.4 Å². The molecule has 0 saturated carbocycles. The molecule has 0 unspecified atom stereocenters. The molecule has 180 valence electrons. The first-order chi connectivity index (χ1) is 14.8. The summed E-state index contributed by atoms with van der Waals surface area (Å²) >= 11 is 0. The van der Waals surface area contributed by atoms with E-state index in [0.717, 1.165) is 12.0 Å². The van der Waals surface area contributed by atoms with Gasteiger partial charge < -0.3 is 15.5 Å². The van der Waals surface area contributed by atoms with E-state index in [9.17, 15) is 10.2 Å². The van der Waals surface area contributed by atoms with Crippen LogP contribution >= 0.6 is 12.4 Å². The monoisotopic (exact) mass is 489 g/mol. The van der Waals surface area contributed by atoms with E-state index < -0.39 is 12.1 Å². The first-order valence-corrected chi connectivity index (χ1v) is 8.81. The Hall–Kier alpha value is -2.40. The average Bonchev–Trinajstić information content (AvgIpc) is 3.21. The highest BCUT2D eigenvalue weighted by Gasteiger charge is 2.29. The molecule has 3 atom stereocenters. The van der Waals surface area contributed by atoms with Crippen molar-refractivity contribution in [3.63, 3.8) is 0 Å². The van der Waals surface area contributed by atoms with Gasteiger partial charge in [0.25, 0.3) is 0 Å². The van der Waals surface area contributed by atoms with Gasteiger partial charge >= 0.3 is 0 Å². The van der Waals surface area contributed by atoms with Crippen LogP contribution in [0.4, 0.5) is 32.1 Å². The number of nitrogens with one attached hydrogen (secondary N) is 1. The Labute approximate surface area is 186 Å². The van der Waals surface area contributed by atoms with Crippen molar-refractivity contribution >= 4 is 23.2 Å². The van der Waals surface area contributed by atoms with Crippen LogP contribution in [0.3, 0.4) is 0 Å². The molecule has 1 aliphatic rings. The summed E-state index contributed by atoms with van der Waals surface area (Å²) in [5.41, 5.74) is 3.39. The van der Waals surface area contributed by atoms with Gasteiger partial charge in [0.05, 0.1) is 18.8 Å². The van der Waals surface area contributed by atoms with Gasteiger partial charge in [-0.3, -0.25) is 4.70 Å². The number of hydrogen-bond donors (Lipinski definition) is 3. The van der Waals surface area contributed by atoms with Gasteiger partial charge in [0.15, 0.2) is 0 Å². The van der Waals surface area contributed by atoms with Gasteiger partial charge in [0.1, 0.15) is 0 Å². The van der Waals surface area contributed by atoms with Gasteiger partial charge in [0, 0.05) is 33.5 Å². The van der Waals surface area contributed by atoms with Crippen molar-refractivity contribution < 1.29 is 42.4 Å². The van der Waals surface area contributed by atoms with Gasteiger partial charge in [-0.15, -0.1) is 12.4 Å². The number of halogens is 8. The van der Waals surface area contributed by atoms with Gasteiger partial charge in [-0.05, 0) is 33.9 Å². The van der Waals surface area contributed by atoms with Crippen LogP contribution in [0, 0.1) is 0 Å². The van der Waals surface area contributed by atoms with Crippen LogP contribution in [0.2, 0.25) is 0 Å². The number of benzene rings is 3. The van der Waals surface area contributed by atoms with Crippen molar-refractivity contribution in [3.8, 4) is 0 Å². The second-order valence-corrected chi connectivity index (χ2v) is 6.43. The lowest BCUT2D eigenvalue weighted by atomic mass is 10.00. The molecule has 11 heteroatoms. The second-order valence-electron chi connectivity index (χ2n) is 6.43. The lowest BCUT2D eigenvalue weighted by molar-refractivity contribution is 0.0836. The Morgan fingerprint density at radius 2 is 1.41 bits per heavy atom. The molecule has 0 amide bonds. The maximum Gasteiger partial charge on any atom is 0.0965 e. The minimum absolute atomic E-state index is 0. The van der Waals surface area contributed by atoms with Crippen LogP contribution in [0.1, 0.15) is 28.8 Å². The van der Waals surface area contributed by atoms with Gasteiger partial charge in [0.2, 0.25) is 0 Å². The van der Waals surface area contributed by atoms with Crippen LogP contribution in [0.15, 0.2) is 66.7 Å². The predicted octanol–water partition coefficient (Wildman–Crippen LogP) is 6.22. The molecule has 0 radical (unpaired) electrons. The molecule has 0 spiro atoms. The topological polar surface area (TPSA) is 52.5 Å². The summed E-state index contributed by atoms with van der Waals surface area (Å²) < 4.78 is 48.0. The molecule has 0 saturated heterocycles. The fourth-order valence-corrected chi connectivity index (χ4v) is 3.77. The van der Waals surface area contributed by atoms with Gasteiger partial charge in [-0.1, -0.05) is 66.7 Å². The van der Waals surface area contributed by atoms with E-state index in [1.807, 2.05) is 30.3 Å². The van der Waals surface area contributed by atoms with Crippen LogP contribution in [-0.2, 0) is 6.42 Å². The summed E-state index contributed by atoms with van der Waals surface area (Å²) in [6, 6.07) is 21.9. The van der Waals surface area contributed by atoms with Gasteiger partial charge in [-0.25, -0.2) is 0 Å².